The molecule has 1 rings (SSSR count). The SMILES string of the molecule is CCCCNN1CCC[C@H]1C(=O)O. The van der Waals surface area contributed by atoms with Gasteiger partial charge < -0.3 is 5.11 Å². The predicted molar refractivity (Wildman–Crippen MR) is 50.3 cm³/mol. The molecule has 1 atom stereocenters. The number of nitrogens with zero attached hydrogens (tertiary/aromatic N) is 1. The summed E-state index contributed by atoms with van der Waals surface area (Å²) < 4.78 is 0. The molecule has 0 aromatic carbocycles. The van der Waals surface area contributed by atoms with E-state index < -0.39 is 5.97 Å². The Balaban J connectivity index is 2.27. The van der Waals surface area contributed by atoms with Crippen LogP contribution in [0.4, 0.5) is 0 Å². The third-order valence-electron chi connectivity index (χ3n) is 2.38. The Bertz CT molecular complexity index is 173. The van der Waals surface area contributed by atoms with E-state index in [2.05, 4.69) is 12.3 Å². The van der Waals surface area contributed by atoms with Crippen molar-refractivity contribution in [2.24, 2.45) is 0 Å². The van der Waals surface area contributed by atoms with Gasteiger partial charge in [-0.1, -0.05) is 13.3 Å². The van der Waals surface area contributed by atoms with Crippen LogP contribution in [0.1, 0.15) is 32.6 Å². The van der Waals surface area contributed by atoms with E-state index in [9.17, 15) is 4.79 Å². The topological polar surface area (TPSA) is 52.6 Å². The normalized spacial score (nSPS) is 23.6. The van der Waals surface area contributed by atoms with Gasteiger partial charge in [-0.2, -0.15) is 0 Å². The van der Waals surface area contributed by atoms with Crippen molar-refractivity contribution in [3.05, 3.63) is 0 Å². The van der Waals surface area contributed by atoms with Crippen molar-refractivity contribution in [3.63, 3.8) is 0 Å². The molecule has 0 saturated carbocycles. The minimum atomic E-state index is -0.707. The lowest BCUT2D eigenvalue weighted by Crippen LogP contribution is -2.45. The summed E-state index contributed by atoms with van der Waals surface area (Å²) in [4.78, 5) is 10.8. The molecule has 1 aliphatic rings. The number of nitrogens with one attached hydrogen (secondary N) is 1. The third kappa shape index (κ3) is 2.97. The standard InChI is InChI=1S/C9H18N2O2/c1-2-3-6-10-11-7-4-5-8(11)9(12)13/h8,10H,2-7H2,1H3,(H,12,13)/t8-/m0/s1. The Hall–Kier alpha value is -0.610. The molecular formula is C9H18N2O2. The first-order chi connectivity index (χ1) is 6.25. The molecule has 1 heterocycles. The highest BCUT2D eigenvalue weighted by molar-refractivity contribution is 5.73. The van der Waals surface area contributed by atoms with Gasteiger partial charge in [0.2, 0.25) is 0 Å². The molecule has 2 N–H and O–H groups in total. The smallest absolute Gasteiger partial charge is 0.322 e. The molecule has 0 bridgehead atoms. The zero-order chi connectivity index (χ0) is 9.68. The Labute approximate surface area is 78.9 Å². The minimum absolute atomic E-state index is 0.308. The van der Waals surface area contributed by atoms with Crippen molar-refractivity contribution >= 4 is 5.97 Å². The van der Waals surface area contributed by atoms with E-state index in [-0.39, 0.29) is 6.04 Å². The van der Waals surface area contributed by atoms with Crippen molar-refractivity contribution in [1.29, 1.82) is 0 Å². The summed E-state index contributed by atoms with van der Waals surface area (Å²) in [7, 11) is 0. The highest BCUT2D eigenvalue weighted by atomic mass is 16.4. The highest BCUT2D eigenvalue weighted by Crippen LogP contribution is 2.14. The van der Waals surface area contributed by atoms with E-state index >= 15 is 0 Å². The first-order valence-electron chi connectivity index (χ1n) is 4.98. The lowest BCUT2D eigenvalue weighted by Gasteiger charge is -2.21. The molecule has 0 aromatic heterocycles. The van der Waals surface area contributed by atoms with Crippen LogP contribution in [0.5, 0.6) is 0 Å². The van der Waals surface area contributed by atoms with Crippen LogP contribution in [-0.2, 0) is 4.79 Å². The van der Waals surface area contributed by atoms with Gasteiger partial charge >= 0.3 is 5.97 Å². The number of aliphatic carboxylic acids is 1. The molecule has 0 radical (unpaired) electrons. The van der Waals surface area contributed by atoms with Gasteiger partial charge in [-0.25, -0.2) is 5.01 Å². The zero-order valence-corrected chi connectivity index (χ0v) is 8.12. The van der Waals surface area contributed by atoms with Gasteiger partial charge in [0.15, 0.2) is 0 Å². The number of hydrazine groups is 1. The van der Waals surface area contributed by atoms with Gasteiger partial charge in [-0.05, 0) is 19.3 Å². The van der Waals surface area contributed by atoms with E-state index in [1.165, 1.54) is 0 Å². The third-order valence-corrected chi connectivity index (χ3v) is 2.38. The van der Waals surface area contributed by atoms with Gasteiger partial charge in [-0.3, -0.25) is 10.2 Å². The maximum absolute atomic E-state index is 10.8. The number of carboxylic acid groups (broad SMARTS) is 1. The van der Waals surface area contributed by atoms with Crippen LogP contribution in [0, 0.1) is 0 Å². The number of carbonyl (C=O) groups is 1. The van der Waals surface area contributed by atoms with Crippen LogP contribution in [0.15, 0.2) is 0 Å². The molecule has 4 nitrogen and oxygen atoms in total. The van der Waals surface area contributed by atoms with Crippen molar-refractivity contribution in [2.45, 2.75) is 38.6 Å². The van der Waals surface area contributed by atoms with Gasteiger partial charge in [0.05, 0.1) is 0 Å². The van der Waals surface area contributed by atoms with Crippen LogP contribution >= 0.6 is 0 Å². The molecule has 76 valence electrons. The van der Waals surface area contributed by atoms with Crippen LogP contribution in [0.3, 0.4) is 0 Å². The molecule has 0 amide bonds. The summed E-state index contributed by atoms with van der Waals surface area (Å²) in [5, 5.41) is 10.7. The minimum Gasteiger partial charge on any atom is -0.480 e. The van der Waals surface area contributed by atoms with Crippen molar-refractivity contribution in [1.82, 2.24) is 10.4 Å². The Morgan fingerprint density at radius 2 is 2.46 bits per heavy atom. The molecular weight excluding hydrogens is 168 g/mol. The fraction of sp³-hybridized carbons (Fsp3) is 0.889. The van der Waals surface area contributed by atoms with E-state index in [1.807, 2.05) is 5.01 Å². The molecule has 0 aliphatic carbocycles. The van der Waals surface area contributed by atoms with E-state index in [0.717, 1.165) is 38.8 Å². The molecule has 1 aliphatic heterocycles. The molecule has 1 fully saturated rings. The van der Waals surface area contributed by atoms with Crippen molar-refractivity contribution in [2.75, 3.05) is 13.1 Å². The molecule has 1 saturated heterocycles. The first kappa shape index (κ1) is 10.5. The fourth-order valence-corrected chi connectivity index (χ4v) is 1.61. The van der Waals surface area contributed by atoms with Gasteiger partial charge in [-0.15, -0.1) is 0 Å². The largest absolute Gasteiger partial charge is 0.480 e. The molecule has 0 aromatic rings. The second-order valence-electron chi connectivity index (χ2n) is 3.45. The second-order valence-corrected chi connectivity index (χ2v) is 3.45. The Morgan fingerprint density at radius 1 is 1.69 bits per heavy atom. The number of carboxylic acids is 1. The van der Waals surface area contributed by atoms with Crippen LogP contribution in [-0.4, -0.2) is 35.2 Å². The maximum Gasteiger partial charge on any atom is 0.322 e. The number of hydrogen-bond acceptors (Lipinski definition) is 3. The molecule has 13 heavy (non-hydrogen) atoms. The van der Waals surface area contributed by atoms with E-state index in [0.29, 0.717) is 0 Å². The average Bonchev–Trinajstić information content (AvgIpc) is 2.53. The van der Waals surface area contributed by atoms with Crippen molar-refractivity contribution < 1.29 is 9.90 Å². The van der Waals surface area contributed by atoms with Crippen molar-refractivity contribution in [3.8, 4) is 0 Å². The Morgan fingerprint density at radius 3 is 3.08 bits per heavy atom. The monoisotopic (exact) mass is 186 g/mol. The first-order valence-corrected chi connectivity index (χ1v) is 4.98. The van der Waals surface area contributed by atoms with E-state index in [1.54, 1.807) is 0 Å². The fourth-order valence-electron chi connectivity index (χ4n) is 1.61. The molecule has 0 unspecified atom stereocenters. The average molecular weight is 186 g/mol. The highest BCUT2D eigenvalue weighted by Gasteiger charge is 2.29. The number of rotatable bonds is 5. The molecule has 0 spiro atoms. The summed E-state index contributed by atoms with van der Waals surface area (Å²) in [6, 6.07) is -0.308. The number of unbranched alkanes of at least 4 members (excludes halogenated alkanes) is 1. The quantitative estimate of drug-likeness (QED) is 0.625. The van der Waals surface area contributed by atoms with Gasteiger partial charge in [0.25, 0.3) is 0 Å². The van der Waals surface area contributed by atoms with Gasteiger partial charge in [0.1, 0.15) is 6.04 Å². The van der Waals surface area contributed by atoms with E-state index in [4.69, 9.17) is 5.11 Å². The van der Waals surface area contributed by atoms with Gasteiger partial charge in [0, 0.05) is 13.1 Å². The summed E-state index contributed by atoms with van der Waals surface area (Å²) >= 11 is 0. The maximum atomic E-state index is 10.8. The van der Waals surface area contributed by atoms with Crippen LogP contribution < -0.4 is 5.43 Å². The van der Waals surface area contributed by atoms with Crippen LogP contribution in [0.2, 0.25) is 0 Å². The summed E-state index contributed by atoms with van der Waals surface area (Å²) in [6.45, 7) is 3.88. The Kier molecular flexibility index (Phi) is 4.18. The number of hydrogen-bond donors (Lipinski definition) is 2. The lowest BCUT2D eigenvalue weighted by molar-refractivity contribution is -0.143. The summed E-state index contributed by atoms with van der Waals surface area (Å²) in [5.41, 5.74) is 3.17. The lowest BCUT2D eigenvalue weighted by atomic mass is 10.2. The summed E-state index contributed by atoms with van der Waals surface area (Å²) in [5.74, 6) is -0.707. The van der Waals surface area contributed by atoms with Crippen LogP contribution in [0.25, 0.3) is 0 Å². The second kappa shape index (κ2) is 5.19. The molecule has 4 heteroatoms. The predicted octanol–water partition coefficient (Wildman–Crippen LogP) is 0.840. The summed E-state index contributed by atoms with van der Waals surface area (Å²) in [6.07, 6.45) is 3.99. The zero-order valence-electron chi connectivity index (χ0n) is 8.12.